The van der Waals surface area contributed by atoms with Gasteiger partial charge in [-0.25, -0.2) is 0 Å². The van der Waals surface area contributed by atoms with Crippen LogP contribution in [0.3, 0.4) is 0 Å². The maximum absolute atomic E-state index is 12.3. The van der Waals surface area contributed by atoms with E-state index in [1.54, 1.807) is 48.8 Å². The number of carbonyl (C=O) groups is 3. The van der Waals surface area contributed by atoms with Crippen molar-refractivity contribution in [3.63, 3.8) is 0 Å². The summed E-state index contributed by atoms with van der Waals surface area (Å²) >= 11 is 0. The molecule has 29 heavy (non-hydrogen) atoms. The highest BCUT2D eigenvalue weighted by Gasteiger charge is 2.34. The number of nitrogens with zero attached hydrogens (tertiary/aromatic N) is 4. The first-order chi connectivity index (χ1) is 14.1. The molecule has 0 spiro atoms. The van der Waals surface area contributed by atoms with Gasteiger partial charge in [0, 0.05) is 30.9 Å². The SMILES string of the molecule is O=C(CCCN1C(=O)c2ccccc2C1=O)NCc1nnc(-c2ccncc2)o1. The summed E-state index contributed by atoms with van der Waals surface area (Å²) in [6.45, 7) is 0.288. The van der Waals surface area contributed by atoms with Gasteiger partial charge in [0.1, 0.15) is 0 Å². The van der Waals surface area contributed by atoms with Crippen molar-refractivity contribution >= 4 is 17.7 Å². The first kappa shape index (κ1) is 18.5. The molecule has 9 heteroatoms. The number of hydrogen-bond acceptors (Lipinski definition) is 7. The second kappa shape index (κ2) is 8.01. The minimum atomic E-state index is -0.319. The highest BCUT2D eigenvalue weighted by molar-refractivity contribution is 6.21. The lowest BCUT2D eigenvalue weighted by atomic mass is 10.1. The lowest BCUT2D eigenvalue weighted by Crippen LogP contribution is -2.32. The molecule has 0 saturated heterocycles. The van der Waals surface area contributed by atoms with E-state index in [9.17, 15) is 14.4 Å². The highest BCUT2D eigenvalue weighted by atomic mass is 16.4. The predicted molar refractivity (Wildman–Crippen MR) is 100 cm³/mol. The van der Waals surface area contributed by atoms with Crippen LogP contribution in [0.1, 0.15) is 39.4 Å². The van der Waals surface area contributed by atoms with E-state index in [0.29, 0.717) is 23.4 Å². The van der Waals surface area contributed by atoms with Gasteiger partial charge >= 0.3 is 0 Å². The van der Waals surface area contributed by atoms with Gasteiger partial charge in [-0.3, -0.25) is 24.3 Å². The summed E-state index contributed by atoms with van der Waals surface area (Å²) in [5, 5.41) is 10.5. The van der Waals surface area contributed by atoms with Crippen LogP contribution in [0.25, 0.3) is 11.5 Å². The van der Waals surface area contributed by atoms with Crippen molar-refractivity contribution in [3.05, 3.63) is 65.8 Å². The number of rotatable bonds is 7. The number of nitrogens with one attached hydrogen (secondary N) is 1. The van der Waals surface area contributed by atoms with E-state index in [4.69, 9.17) is 4.42 Å². The third kappa shape index (κ3) is 3.88. The van der Waals surface area contributed by atoms with E-state index in [2.05, 4.69) is 20.5 Å². The molecule has 0 radical (unpaired) electrons. The fourth-order valence-electron chi connectivity index (χ4n) is 3.04. The minimum Gasteiger partial charge on any atom is -0.419 e. The second-order valence-corrected chi connectivity index (χ2v) is 6.42. The Bertz CT molecular complexity index is 1030. The molecule has 0 saturated carbocycles. The Kier molecular flexibility index (Phi) is 5.10. The Morgan fingerprint density at radius 1 is 1.00 bits per heavy atom. The van der Waals surface area contributed by atoms with Crippen molar-refractivity contribution in [2.75, 3.05) is 6.54 Å². The summed E-state index contributed by atoms with van der Waals surface area (Å²) in [6, 6.07) is 10.2. The average Bonchev–Trinajstić information content (AvgIpc) is 3.32. The minimum absolute atomic E-state index is 0.101. The Labute approximate surface area is 165 Å². The maximum atomic E-state index is 12.3. The fraction of sp³-hybridized carbons (Fsp3) is 0.200. The maximum Gasteiger partial charge on any atom is 0.261 e. The van der Waals surface area contributed by atoms with Gasteiger partial charge in [0.15, 0.2) is 0 Å². The number of carbonyl (C=O) groups excluding carboxylic acids is 3. The number of hydrogen-bond donors (Lipinski definition) is 1. The molecule has 9 nitrogen and oxygen atoms in total. The summed E-state index contributed by atoms with van der Waals surface area (Å²) < 4.78 is 5.51. The molecule has 0 atom stereocenters. The second-order valence-electron chi connectivity index (χ2n) is 6.42. The quantitative estimate of drug-likeness (QED) is 0.610. The van der Waals surface area contributed by atoms with Crippen molar-refractivity contribution in [2.45, 2.75) is 19.4 Å². The lowest BCUT2D eigenvalue weighted by Gasteiger charge is -2.13. The van der Waals surface area contributed by atoms with Gasteiger partial charge in [0.2, 0.25) is 17.7 Å². The normalized spacial score (nSPS) is 12.9. The van der Waals surface area contributed by atoms with Crippen molar-refractivity contribution in [1.82, 2.24) is 25.4 Å². The van der Waals surface area contributed by atoms with Gasteiger partial charge in [-0.15, -0.1) is 10.2 Å². The molecule has 1 N–H and O–H groups in total. The van der Waals surface area contributed by atoms with Crippen LogP contribution in [0, 0.1) is 0 Å². The largest absolute Gasteiger partial charge is 0.419 e. The summed E-state index contributed by atoms with van der Waals surface area (Å²) in [6.07, 6.45) is 3.77. The molecule has 3 amide bonds. The molecular formula is C20H17N5O4. The Morgan fingerprint density at radius 3 is 2.38 bits per heavy atom. The zero-order valence-electron chi connectivity index (χ0n) is 15.4. The third-order valence-corrected chi connectivity index (χ3v) is 4.49. The van der Waals surface area contributed by atoms with Crippen LogP contribution in [0.4, 0.5) is 0 Å². The monoisotopic (exact) mass is 391 g/mol. The van der Waals surface area contributed by atoms with Crippen LogP contribution in [0.2, 0.25) is 0 Å². The van der Waals surface area contributed by atoms with Crippen LogP contribution in [-0.4, -0.2) is 44.3 Å². The number of imide groups is 1. The molecule has 0 aliphatic carbocycles. The first-order valence-electron chi connectivity index (χ1n) is 9.08. The molecule has 2 aromatic heterocycles. The smallest absolute Gasteiger partial charge is 0.261 e. The van der Waals surface area contributed by atoms with Crippen LogP contribution in [-0.2, 0) is 11.3 Å². The van der Waals surface area contributed by atoms with Crippen LogP contribution in [0.5, 0.6) is 0 Å². The van der Waals surface area contributed by atoms with E-state index in [1.165, 1.54) is 4.90 Å². The summed E-state index contributed by atoms with van der Waals surface area (Å²) in [4.78, 5) is 41.7. The van der Waals surface area contributed by atoms with E-state index in [0.717, 1.165) is 5.56 Å². The molecule has 1 aliphatic heterocycles. The van der Waals surface area contributed by atoms with Gasteiger partial charge in [-0.2, -0.15) is 0 Å². The highest BCUT2D eigenvalue weighted by Crippen LogP contribution is 2.22. The van der Waals surface area contributed by atoms with Crippen molar-refractivity contribution in [1.29, 1.82) is 0 Å². The van der Waals surface area contributed by atoms with E-state index in [1.807, 2.05) is 0 Å². The molecule has 0 bridgehead atoms. The molecule has 3 aromatic rings. The van der Waals surface area contributed by atoms with Crippen molar-refractivity contribution in [3.8, 4) is 11.5 Å². The number of fused-ring (bicyclic) bond motifs is 1. The average molecular weight is 391 g/mol. The molecule has 1 aliphatic rings. The summed E-state index contributed by atoms with van der Waals surface area (Å²) in [5.41, 5.74) is 1.55. The number of aromatic nitrogens is 3. The fourth-order valence-corrected chi connectivity index (χ4v) is 3.04. The van der Waals surface area contributed by atoms with Crippen LogP contribution >= 0.6 is 0 Å². The molecular weight excluding hydrogens is 374 g/mol. The standard InChI is InChI=1S/C20H17N5O4/c26-16(22-12-17-23-24-18(29-17)13-7-9-21-10-8-13)6-3-11-25-19(27)14-4-1-2-5-15(14)20(25)28/h1-2,4-5,7-10H,3,6,11-12H2,(H,22,26). The summed E-state index contributed by atoms with van der Waals surface area (Å²) in [5.74, 6) is -0.237. The molecule has 0 fully saturated rings. The van der Waals surface area contributed by atoms with E-state index < -0.39 is 0 Å². The molecule has 4 rings (SSSR count). The van der Waals surface area contributed by atoms with Gasteiger partial charge < -0.3 is 9.73 Å². The molecule has 0 unspecified atom stereocenters. The van der Waals surface area contributed by atoms with Gasteiger partial charge in [0.25, 0.3) is 11.8 Å². The zero-order chi connectivity index (χ0) is 20.2. The van der Waals surface area contributed by atoms with Gasteiger partial charge in [-0.1, -0.05) is 12.1 Å². The molecule has 3 heterocycles. The Hall–Kier alpha value is -3.88. The first-order valence-corrected chi connectivity index (χ1v) is 9.08. The zero-order valence-corrected chi connectivity index (χ0v) is 15.4. The van der Waals surface area contributed by atoms with Gasteiger partial charge in [0.05, 0.1) is 17.7 Å². The van der Waals surface area contributed by atoms with Crippen molar-refractivity contribution in [2.24, 2.45) is 0 Å². The third-order valence-electron chi connectivity index (χ3n) is 4.49. The van der Waals surface area contributed by atoms with E-state index in [-0.39, 0.29) is 43.1 Å². The number of benzene rings is 1. The lowest BCUT2D eigenvalue weighted by molar-refractivity contribution is -0.121. The topological polar surface area (TPSA) is 118 Å². The predicted octanol–water partition coefficient (Wildman–Crippen LogP) is 1.82. The molecule has 1 aromatic carbocycles. The van der Waals surface area contributed by atoms with Crippen molar-refractivity contribution < 1.29 is 18.8 Å². The Balaban J connectivity index is 1.24. The number of pyridine rings is 1. The Morgan fingerprint density at radius 2 is 1.69 bits per heavy atom. The van der Waals surface area contributed by atoms with Gasteiger partial charge in [-0.05, 0) is 30.7 Å². The summed E-state index contributed by atoms with van der Waals surface area (Å²) in [7, 11) is 0. The molecule has 146 valence electrons. The van der Waals surface area contributed by atoms with Crippen LogP contribution in [0.15, 0.2) is 53.2 Å². The van der Waals surface area contributed by atoms with Crippen LogP contribution < -0.4 is 5.32 Å². The number of amides is 3. The van der Waals surface area contributed by atoms with E-state index >= 15 is 0 Å².